The first kappa shape index (κ1) is 21.6. The highest BCUT2D eigenvalue weighted by atomic mass is 16.5. The van der Waals surface area contributed by atoms with E-state index < -0.39 is 5.91 Å². The Bertz CT molecular complexity index is 929. The number of rotatable bonds is 11. The Morgan fingerprint density at radius 1 is 1.10 bits per heavy atom. The van der Waals surface area contributed by atoms with Gasteiger partial charge in [0.25, 0.3) is 5.91 Å². The molecule has 0 aliphatic heterocycles. The summed E-state index contributed by atoms with van der Waals surface area (Å²) in [5.41, 5.74) is 6.73. The van der Waals surface area contributed by atoms with Gasteiger partial charge in [0.05, 0.1) is 6.61 Å². The zero-order valence-corrected chi connectivity index (χ0v) is 16.4. The summed E-state index contributed by atoms with van der Waals surface area (Å²) in [6, 6.07) is 14.7. The molecule has 0 atom stereocenters. The normalized spacial score (nSPS) is 10.7. The van der Waals surface area contributed by atoms with Crippen LogP contribution in [0.1, 0.15) is 18.1 Å². The Morgan fingerprint density at radius 2 is 1.83 bits per heavy atom. The van der Waals surface area contributed by atoms with Crippen molar-refractivity contribution < 1.29 is 19.0 Å². The molecule has 6 nitrogen and oxygen atoms in total. The van der Waals surface area contributed by atoms with Crippen molar-refractivity contribution in [3.05, 3.63) is 71.8 Å². The van der Waals surface area contributed by atoms with Gasteiger partial charge in [-0.1, -0.05) is 30.3 Å². The number of nitrogens with zero attached hydrogens (tertiary/aromatic N) is 1. The smallest absolute Gasteiger partial charge is 0.259 e. The van der Waals surface area contributed by atoms with E-state index >= 15 is 0 Å². The molecule has 2 aromatic rings. The van der Waals surface area contributed by atoms with Crippen LogP contribution in [-0.2, 0) is 11.2 Å². The lowest BCUT2D eigenvalue weighted by Crippen LogP contribution is -2.12. The second-order valence-electron chi connectivity index (χ2n) is 5.97. The Balaban J connectivity index is 2.04. The number of carbonyl (C=O) groups is 1. The first-order chi connectivity index (χ1) is 14.1. The number of para-hydroxylation sites is 1. The topological polar surface area (TPSA) is 94.6 Å². The molecule has 29 heavy (non-hydrogen) atoms. The molecule has 2 aromatic carbocycles. The third-order valence-corrected chi connectivity index (χ3v) is 3.90. The van der Waals surface area contributed by atoms with Gasteiger partial charge in [0.2, 0.25) is 0 Å². The van der Waals surface area contributed by atoms with Crippen LogP contribution in [0.25, 0.3) is 6.08 Å². The second-order valence-corrected chi connectivity index (χ2v) is 5.97. The number of ether oxygens (including phenoxy) is 3. The third-order valence-electron chi connectivity index (χ3n) is 3.90. The van der Waals surface area contributed by atoms with E-state index in [0.717, 1.165) is 17.7 Å². The fraction of sp³-hybridized carbons (Fsp3) is 0.217. The molecule has 0 fully saturated rings. The highest BCUT2D eigenvalue weighted by molar-refractivity contribution is 6.00. The Labute approximate surface area is 170 Å². The van der Waals surface area contributed by atoms with Crippen LogP contribution in [0.3, 0.4) is 0 Å². The number of allylic oxidation sites excluding steroid dienone is 1. The average Bonchev–Trinajstić information content (AvgIpc) is 2.72. The van der Waals surface area contributed by atoms with Crippen molar-refractivity contribution >= 4 is 12.0 Å². The Hall–Kier alpha value is -3.72. The van der Waals surface area contributed by atoms with E-state index in [2.05, 4.69) is 6.58 Å². The van der Waals surface area contributed by atoms with E-state index in [4.69, 9.17) is 25.2 Å². The lowest BCUT2D eigenvalue weighted by atomic mass is 10.1. The monoisotopic (exact) mass is 392 g/mol. The maximum Gasteiger partial charge on any atom is 0.259 e. The fourth-order valence-electron chi connectivity index (χ4n) is 2.60. The molecule has 0 spiro atoms. The SMILES string of the molecule is C=CCc1ccccc1OCCOc1ccc(/C=C(\C#N)C(N)=O)cc1OCC. The van der Waals surface area contributed by atoms with Crippen molar-refractivity contribution in [3.63, 3.8) is 0 Å². The zero-order valence-electron chi connectivity index (χ0n) is 16.4. The molecule has 1 amide bonds. The molecule has 0 aliphatic carbocycles. The van der Waals surface area contributed by atoms with Crippen LogP contribution in [0.4, 0.5) is 0 Å². The minimum Gasteiger partial charge on any atom is -0.490 e. The van der Waals surface area contributed by atoms with Gasteiger partial charge >= 0.3 is 0 Å². The van der Waals surface area contributed by atoms with Crippen molar-refractivity contribution in [1.29, 1.82) is 5.26 Å². The van der Waals surface area contributed by atoms with Crippen molar-refractivity contribution in [1.82, 2.24) is 0 Å². The number of hydrogen-bond donors (Lipinski definition) is 1. The van der Waals surface area contributed by atoms with Gasteiger partial charge in [0, 0.05) is 0 Å². The van der Waals surface area contributed by atoms with Crippen molar-refractivity contribution in [2.75, 3.05) is 19.8 Å². The Kier molecular flexibility index (Phi) is 8.33. The van der Waals surface area contributed by atoms with E-state index in [9.17, 15) is 4.79 Å². The summed E-state index contributed by atoms with van der Waals surface area (Å²) in [6.45, 7) is 6.74. The standard InChI is InChI=1S/C23H24N2O4/c1-3-7-18-8-5-6-9-20(18)28-12-13-29-21-11-10-17(15-22(21)27-4-2)14-19(16-24)23(25)26/h3,5-6,8-11,14-15H,1,4,7,12-13H2,2H3,(H2,25,26)/b19-14+. The number of carbonyl (C=O) groups excluding carboxylic acids is 1. The molecule has 0 heterocycles. The van der Waals surface area contributed by atoms with Crippen molar-refractivity contribution in [3.8, 4) is 23.3 Å². The van der Waals surface area contributed by atoms with Crippen molar-refractivity contribution in [2.45, 2.75) is 13.3 Å². The predicted molar refractivity (Wildman–Crippen MR) is 112 cm³/mol. The van der Waals surface area contributed by atoms with Crippen LogP contribution < -0.4 is 19.9 Å². The number of benzene rings is 2. The van der Waals surface area contributed by atoms with Gasteiger partial charge in [0.15, 0.2) is 11.5 Å². The lowest BCUT2D eigenvalue weighted by Gasteiger charge is -2.14. The summed E-state index contributed by atoms with van der Waals surface area (Å²) >= 11 is 0. The minimum absolute atomic E-state index is 0.132. The molecule has 2 N–H and O–H groups in total. The van der Waals surface area contributed by atoms with Gasteiger partial charge in [-0.05, 0) is 48.7 Å². The van der Waals surface area contributed by atoms with E-state index in [1.54, 1.807) is 24.3 Å². The number of nitriles is 1. The van der Waals surface area contributed by atoms with Gasteiger partial charge < -0.3 is 19.9 Å². The predicted octanol–water partition coefficient (Wildman–Crippen LogP) is 3.66. The highest BCUT2D eigenvalue weighted by Crippen LogP contribution is 2.29. The molecule has 0 radical (unpaired) electrons. The molecule has 2 rings (SSSR count). The first-order valence-corrected chi connectivity index (χ1v) is 9.21. The van der Waals surface area contributed by atoms with Gasteiger partial charge in [-0.15, -0.1) is 6.58 Å². The quantitative estimate of drug-likeness (QED) is 0.272. The Morgan fingerprint density at radius 3 is 2.48 bits per heavy atom. The fourth-order valence-corrected chi connectivity index (χ4v) is 2.60. The van der Waals surface area contributed by atoms with E-state index in [1.165, 1.54) is 6.08 Å². The van der Waals surface area contributed by atoms with Gasteiger partial charge in [-0.25, -0.2) is 0 Å². The molecule has 0 saturated heterocycles. The number of primary amides is 1. The summed E-state index contributed by atoms with van der Waals surface area (Å²) in [5, 5.41) is 8.98. The molecule has 150 valence electrons. The highest BCUT2D eigenvalue weighted by Gasteiger charge is 2.09. The number of nitrogens with two attached hydrogens (primary N) is 1. The maximum absolute atomic E-state index is 11.2. The average molecular weight is 392 g/mol. The third kappa shape index (κ3) is 6.43. The summed E-state index contributed by atoms with van der Waals surface area (Å²) in [6.07, 6.45) is 3.98. The van der Waals surface area contributed by atoms with Crippen molar-refractivity contribution in [2.24, 2.45) is 5.73 Å². The molecule has 0 saturated carbocycles. The summed E-state index contributed by atoms with van der Waals surface area (Å²) in [5.74, 6) is 1.08. The minimum atomic E-state index is -0.778. The molecule has 0 aliphatic rings. The molecule has 0 unspecified atom stereocenters. The zero-order chi connectivity index (χ0) is 21.1. The summed E-state index contributed by atoms with van der Waals surface area (Å²) in [7, 11) is 0. The van der Waals surface area contributed by atoms with Gasteiger partial charge in [0.1, 0.15) is 30.6 Å². The summed E-state index contributed by atoms with van der Waals surface area (Å²) < 4.78 is 17.2. The lowest BCUT2D eigenvalue weighted by molar-refractivity contribution is -0.114. The molecular weight excluding hydrogens is 368 g/mol. The van der Waals surface area contributed by atoms with Crippen LogP contribution in [-0.4, -0.2) is 25.7 Å². The van der Waals surface area contributed by atoms with Crippen LogP contribution in [0, 0.1) is 11.3 Å². The van der Waals surface area contributed by atoms with Crippen LogP contribution >= 0.6 is 0 Å². The van der Waals surface area contributed by atoms with Crippen LogP contribution in [0.2, 0.25) is 0 Å². The summed E-state index contributed by atoms with van der Waals surface area (Å²) in [4.78, 5) is 11.2. The number of hydrogen-bond acceptors (Lipinski definition) is 5. The molecule has 0 bridgehead atoms. The largest absolute Gasteiger partial charge is 0.490 e. The van der Waals surface area contributed by atoms with E-state index in [-0.39, 0.29) is 5.57 Å². The first-order valence-electron chi connectivity index (χ1n) is 9.21. The molecule has 6 heteroatoms. The maximum atomic E-state index is 11.2. The van der Waals surface area contributed by atoms with E-state index in [1.807, 2.05) is 37.3 Å². The van der Waals surface area contributed by atoms with Gasteiger partial charge in [-0.2, -0.15) is 5.26 Å². The molecule has 0 aromatic heterocycles. The number of amides is 1. The van der Waals surface area contributed by atoms with Crippen LogP contribution in [0.15, 0.2) is 60.7 Å². The second kappa shape index (κ2) is 11.2. The van der Waals surface area contributed by atoms with Gasteiger partial charge in [-0.3, -0.25) is 4.79 Å². The van der Waals surface area contributed by atoms with Crippen LogP contribution in [0.5, 0.6) is 17.2 Å². The van der Waals surface area contributed by atoms with E-state index in [0.29, 0.717) is 36.9 Å². The molecular formula is C23H24N2O4.